The van der Waals surface area contributed by atoms with Crippen molar-refractivity contribution in [2.75, 3.05) is 20.3 Å². The number of fused-ring (bicyclic) bond motifs is 1. The number of ether oxygens (including phenoxy) is 1. The lowest BCUT2D eigenvalue weighted by Crippen LogP contribution is -2.39. The molecule has 20 heavy (non-hydrogen) atoms. The summed E-state index contributed by atoms with van der Waals surface area (Å²) in [7, 11) is 1.59. The minimum absolute atomic E-state index is 0.0153. The first-order chi connectivity index (χ1) is 9.72. The van der Waals surface area contributed by atoms with Gasteiger partial charge < -0.3 is 15.2 Å². The second-order valence-electron chi connectivity index (χ2n) is 5.37. The Morgan fingerprint density at radius 2 is 2.20 bits per heavy atom. The van der Waals surface area contributed by atoms with Crippen LogP contribution in [0.4, 0.5) is 0 Å². The van der Waals surface area contributed by atoms with Gasteiger partial charge in [-0.3, -0.25) is 4.79 Å². The molecule has 0 aliphatic heterocycles. The van der Waals surface area contributed by atoms with Crippen molar-refractivity contribution in [3.05, 3.63) is 34.9 Å². The first-order valence-electron chi connectivity index (χ1n) is 7.22. The molecule has 0 spiro atoms. The van der Waals surface area contributed by atoms with Gasteiger partial charge in [-0.2, -0.15) is 0 Å². The summed E-state index contributed by atoms with van der Waals surface area (Å²) in [4.78, 5) is 12.0. The fourth-order valence-corrected chi connectivity index (χ4v) is 2.75. The van der Waals surface area contributed by atoms with E-state index in [9.17, 15) is 4.79 Å². The second-order valence-corrected chi connectivity index (χ2v) is 5.37. The Morgan fingerprint density at radius 3 is 2.95 bits per heavy atom. The zero-order valence-corrected chi connectivity index (χ0v) is 12.0. The molecule has 1 atom stereocenters. The molecule has 4 nitrogen and oxygen atoms in total. The van der Waals surface area contributed by atoms with E-state index in [1.807, 2.05) is 6.07 Å². The Labute approximate surface area is 120 Å². The Morgan fingerprint density at radius 1 is 1.40 bits per heavy atom. The molecule has 0 radical (unpaired) electrons. The molecule has 1 amide bonds. The maximum atomic E-state index is 12.0. The van der Waals surface area contributed by atoms with Crippen molar-refractivity contribution in [1.29, 1.82) is 0 Å². The number of benzene rings is 1. The lowest BCUT2D eigenvalue weighted by atomic mass is 10.0. The van der Waals surface area contributed by atoms with Gasteiger partial charge in [0.05, 0.1) is 19.1 Å². The molecule has 0 saturated carbocycles. The van der Waals surface area contributed by atoms with E-state index in [0.717, 1.165) is 18.4 Å². The van der Waals surface area contributed by atoms with E-state index in [4.69, 9.17) is 9.84 Å². The van der Waals surface area contributed by atoms with Crippen LogP contribution in [0.1, 0.15) is 29.5 Å². The Hall–Kier alpha value is -1.39. The van der Waals surface area contributed by atoms with E-state index < -0.39 is 0 Å². The van der Waals surface area contributed by atoms with Gasteiger partial charge in [0.15, 0.2) is 0 Å². The average Bonchev–Trinajstić information content (AvgIpc) is 2.86. The molecule has 2 rings (SSSR count). The van der Waals surface area contributed by atoms with Crippen molar-refractivity contribution >= 4 is 5.91 Å². The number of amides is 1. The van der Waals surface area contributed by atoms with Gasteiger partial charge in [-0.05, 0) is 42.4 Å². The number of hydrogen-bond acceptors (Lipinski definition) is 3. The van der Waals surface area contributed by atoms with Crippen molar-refractivity contribution in [2.45, 2.75) is 38.1 Å². The molecule has 1 aliphatic rings. The lowest BCUT2D eigenvalue weighted by Gasteiger charge is -2.17. The summed E-state index contributed by atoms with van der Waals surface area (Å²) < 4.78 is 5.04. The fraction of sp³-hybridized carbons (Fsp3) is 0.562. The number of carbonyl (C=O) groups excluding carboxylic acids is 1. The van der Waals surface area contributed by atoms with Gasteiger partial charge in [0, 0.05) is 13.7 Å². The van der Waals surface area contributed by atoms with Crippen LogP contribution in [-0.4, -0.2) is 37.4 Å². The zero-order chi connectivity index (χ0) is 14.4. The molecule has 1 aromatic carbocycles. The smallest absolute Gasteiger partial charge is 0.224 e. The number of carbonyl (C=O) groups is 1. The number of rotatable bonds is 7. The lowest BCUT2D eigenvalue weighted by molar-refractivity contribution is -0.121. The molecule has 2 N–H and O–H groups in total. The van der Waals surface area contributed by atoms with Gasteiger partial charge in [0.1, 0.15) is 0 Å². The minimum Gasteiger partial charge on any atom is -0.396 e. The predicted molar refractivity (Wildman–Crippen MR) is 77.7 cm³/mol. The third-order valence-electron chi connectivity index (χ3n) is 3.74. The van der Waals surface area contributed by atoms with E-state index in [-0.39, 0.29) is 18.6 Å². The number of nitrogens with one attached hydrogen (secondary N) is 1. The monoisotopic (exact) mass is 277 g/mol. The summed E-state index contributed by atoms with van der Waals surface area (Å²) >= 11 is 0. The van der Waals surface area contributed by atoms with Crippen LogP contribution in [0.3, 0.4) is 0 Å². The van der Waals surface area contributed by atoms with Crippen LogP contribution >= 0.6 is 0 Å². The Balaban J connectivity index is 1.90. The Kier molecular flexibility index (Phi) is 5.56. The highest BCUT2D eigenvalue weighted by molar-refractivity contribution is 5.79. The number of hydrogen-bond donors (Lipinski definition) is 2. The van der Waals surface area contributed by atoms with E-state index in [1.54, 1.807) is 7.11 Å². The third kappa shape index (κ3) is 4.05. The molecule has 0 bridgehead atoms. The van der Waals surface area contributed by atoms with Crippen molar-refractivity contribution in [1.82, 2.24) is 5.32 Å². The van der Waals surface area contributed by atoms with Crippen LogP contribution < -0.4 is 5.32 Å². The van der Waals surface area contributed by atoms with E-state index in [0.29, 0.717) is 19.4 Å². The standard InChI is InChI=1S/C16H23NO3/c1-20-11-15(7-8-18)17-16(19)10-12-5-6-13-3-2-4-14(13)9-12/h5-6,9,15,18H,2-4,7-8,10-11H2,1H3,(H,17,19). The Bertz CT molecular complexity index is 453. The molecule has 1 aliphatic carbocycles. The topological polar surface area (TPSA) is 58.6 Å². The summed E-state index contributed by atoms with van der Waals surface area (Å²) in [5.74, 6) is -0.0153. The van der Waals surface area contributed by atoms with Crippen molar-refractivity contribution in [3.8, 4) is 0 Å². The van der Waals surface area contributed by atoms with Gasteiger partial charge in [-0.1, -0.05) is 18.2 Å². The van der Waals surface area contributed by atoms with Gasteiger partial charge in [-0.15, -0.1) is 0 Å². The number of aliphatic hydroxyl groups excluding tert-OH is 1. The first kappa shape index (κ1) is 15.0. The first-order valence-corrected chi connectivity index (χ1v) is 7.22. The quantitative estimate of drug-likeness (QED) is 0.788. The highest BCUT2D eigenvalue weighted by Crippen LogP contribution is 2.22. The maximum absolute atomic E-state index is 12.0. The third-order valence-corrected chi connectivity index (χ3v) is 3.74. The summed E-state index contributed by atoms with van der Waals surface area (Å²) in [6, 6.07) is 6.22. The molecule has 0 fully saturated rings. The SMILES string of the molecule is COCC(CCO)NC(=O)Cc1ccc2c(c1)CCC2. The predicted octanol–water partition coefficient (Wildman–Crippen LogP) is 1.23. The van der Waals surface area contributed by atoms with Crippen LogP contribution in [0.2, 0.25) is 0 Å². The summed E-state index contributed by atoms with van der Waals surface area (Å²) in [5.41, 5.74) is 3.87. The van der Waals surface area contributed by atoms with Crippen molar-refractivity contribution in [3.63, 3.8) is 0 Å². The maximum Gasteiger partial charge on any atom is 0.224 e. The van der Waals surface area contributed by atoms with Crippen LogP contribution in [0.15, 0.2) is 18.2 Å². The summed E-state index contributed by atoms with van der Waals surface area (Å²) in [6.07, 6.45) is 4.41. The van der Waals surface area contributed by atoms with Gasteiger partial charge in [0.2, 0.25) is 5.91 Å². The largest absolute Gasteiger partial charge is 0.396 e. The van der Waals surface area contributed by atoms with Crippen LogP contribution in [-0.2, 0) is 28.8 Å². The fourth-order valence-electron chi connectivity index (χ4n) is 2.75. The highest BCUT2D eigenvalue weighted by Gasteiger charge is 2.14. The zero-order valence-electron chi connectivity index (χ0n) is 12.0. The summed E-state index contributed by atoms with van der Waals surface area (Å²) in [6.45, 7) is 0.476. The van der Waals surface area contributed by atoms with Gasteiger partial charge in [0.25, 0.3) is 0 Å². The second kappa shape index (κ2) is 7.41. The molecule has 0 saturated heterocycles. The van der Waals surface area contributed by atoms with Crippen LogP contribution in [0, 0.1) is 0 Å². The normalized spacial score (nSPS) is 14.9. The number of aryl methyl sites for hydroxylation is 2. The van der Waals surface area contributed by atoms with Crippen molar-refractivity contribution < 1.29 is 14.6 Å². The molecule has 0 heterocycles. The summed E-state index contributed by atoms with van der Waals surface area (Å²) in [5, 5.41) is 11.9. The van der Waals surface area contributed by atoms with E-state index in [2.05, 4.69) is 17.4 Å². The number of aliphatic hydroxyl groups is 1. The van der Waals surface area contributed by atoms with Crippen LogP contribution in [0.25, 0.3) is 0 Å². The van der Waals surface area contributed by atoms with Gasteiger partial charge >= 0.3 is 0 Å². The number of methoxy groups -OCH3 is 1. The highest BCUT2D eigenvalue weighted by atomic mass is 16.5. The molecule has 1 aromatic rings. The van der Waals surface area contributed by atoms with Gasteiger partial charge in [-0.25, -0.2) is 0 Å². The molecule has 4 heteroatoms. The molecule has 1 unspecified atom stereocenters. The van der Waals surface area contributed by atoms with Crippen LogP contribution in [0.5, 0.6) is 0 Å². The molecular formula is C16H23NO3. The molecular weight excluding hydrogens is 254 g/mol. The van der Waals surface area contributed by atoms with E-state index >= 15 is 0 Å². The molecule has 110 valence electrons. The van der Waals surface area contributed by atoms with E-state index in [1.165, 1.54) is 17.5 Å². The van der Waals surface area contributed by atoms with Crippen molar-refractivity contribution in [2.24, 2.45) is 0 Å². The molecule has 0 aromatic heterocycles. The minimum atomic E-state index is -0.119. The average molecular weight is 277 g/mol.